The third-order valence-corrected chi connectivity index (χ3v) is 2.32. The van der Waals surface area contributed by atoms with Gasteiger partial charge in [-0.2, -0.15) is 18.3 Å². The van der Waals surface area contributed by atoms with E-state index in [-0.39, 0.29) is 12.3 Å². The fourth-order valence-corrected chi connectivity index (χ4v) is 1.40. The van der Waals surface area contributed by atoms with Crippen molar-refractivity contribution in [2.24, 2.45) is 0 Å². The van der Waals surface area contributed by atoms with Gasteiger partial charge in [0.25, 0.3) is 0 Å². The molecule has 0 atom stereocenters. The third kappa shape index (κ3) is 2.47. The van der Waals surface area contributed by atoms with Gasteiger partial charge in [0.2, 0.25) is 0 Å². The summed E-state index contributed by atoms with van der Waals surface area (Å²) in [6, 6.07) is 7.45. The lowest BCUT2D eigenvalue weighted by Crippen LogP contribution is -2.04. The monoisotopic (exact) mass is 242 g/mol. The van der Waals surface area contributed by atoms with Crippen molar-refractivity contribution in [2.75, 3.05) is 0 Å². The average Bonchev–Trinajstić information content (AvgIpc) is 2.78. The van der Waals surface area contributed by atoms with E-state index in [0.717, 1.165) is 6.07 Å². The minimum absolute atomic E-state index is 0.103. The second kappa shape index (κ2) is 4.21. The summed E-state index contributed by atoms with van der Waals surface area (Å²) < 4.78 is 37.0. The summed E-state index contributed by atoms with van der Waals surface area (Å²) >= 11 is 0. The number of halogens is 3. The van der Waals surface area contributed by atoms with Crippen molar-refractivity contribution in [1.82, 2.24) is 10.2 Å². The second-order valence-electron chi connectivity index (χ2n) is 3.52. The van der Waals surface area contributed by atoms with Gasteiger partial charge in [-0.1, -0.05) is 24.3 Å². The van der Waals surface area contributed by atoms with Crippen molar-refractivity contribution in [3.8, 4) is 11.3 Å². The van der Waals surface area contributed by atoms with Gasteiger partial charge in [-0.25, -0.2) is 0 Å². The Bertz CT molecular complexity index is 502. The molecule has 6 heteroatoms. The van der Waals surface area contributed by atoms with Crippen molar-refractivity contribution in [3.05, 3.63) is 41.6 Å². The first-order valence-corrected chi connectivity index (χ1v) is 4.83. The quantitative estimate of drug-likeness (QED) is 0.850. The van der Waals surface area contributed by atoms with Gasteiger partial charge < -0.3 is 5.11 Å². The van der Waals surface area contributed by atoms with Crippen molar-refractivity contribution in [2.45, 2.75) is 12.8 Å². The van der Waals surface area contributed by atoms with Crippen LogP contribution >= 0.6 is 0 Å². The van der Waals surface area contributed by atoms with E-state index in [2.05, 4.69) is 5.10 Å². The van der Waals surface area contributed by atoms with Gasteiger partial charge in [0.1, 0.15) is 5.69 Å². The molecule has 0 aliphatic heterocycles. The number of alkyl halides is 3. The molecule has 1 aromatic carbocycles. The standard InChI is InChI=1S/C11H9F3N2O/c12-11(13,14)10-5-9(15-16-10)8-3-1-7(6-17)2-4-8/h1-5,17H,6H2,(H,15,16). The Morgan fingerprint density at radius 1 is 1.18 bits per heavy atom. The third-order valence-electron chi connectivity index (χ3n) is 2.32. The van der Waals surface area contributed by atoms with E-state index in [1.807, 2.05) is 5.10 Å². The van der Waals surface area contributed by atoms with Gasteiger partial charge in [-0.15, -0.1) is 0 Å². The van der Waals surface area contributed by atoms with Crippen LogP contribution in [0.3, 0.4) is 0 Å². The maximum absolute atomic E-state index is 12.3. The number of H-pyrrole nitrogens is 1. The van der Waals surface area contributed by atoms with Crippen molar-refractivity contribution < 1.29 is 18.3 Å². The molecule has 0 bridgehead atoms. The number of hydrogen-bond donors (Lipinski definition) is 2. The van der Waals surface area contributed by atoms with Gasteiger partial charge in [-0.05, 0) is 11.6 Å². The Morgan fingerprint density at radius 2 is 1.82 bits per heavy atom. The number of aromatic amines is 1. The second-order valence-corrected chi connectivity index (χ2v) is 3.52. The smallest absolute Gasteiger partial charge is 0.392 e. The van der Waals surface area contributed by atoms with E-state index < -0.39 is 11.9 Å². The molecule has 0 amide bonds. The Kier molecular flexibility index (Phi) is 2.89. The molecule has 0 radical (unpaired) electrons. The predicted octanol–water partition coefficient (Wildman–Crippen LogP) is 2.59. The number of aliphatic hydroxyl groups excluding tert-OH is 1. The van der Waals surface area contributed by atoms with Crippen LogP contribution in [0.5, 0.6) is 0 Å². The predicted molar refractivity (Wildman–Crippen MR) is 54.9 cm³/mol. The normalized spacial score (nSPS) is 11.8. The first kappa shape index (κ1) is 11.7. The van der Waals surface area contributed by atoms with Crippen LogP contribution in [0.2, 0.25) is 0 Å². The lowest BCUT2D eigenvalue weighted by atomic mass is 10.1. The summed E-state index contributed by atoms with van der Waals surface area (Å²) in [5.41, 5.74) is 0.606. The average molecular weight is 242 g/mol. The molecule has 0 unspecified atom stereocenters. The molecular weight excluding hydrogens is 233 g/mol. The highest BCUT2D eigenvalue weighted by atomic mass is 19.4. The van der Waals surface area contributed by atoms with Crippen LogP contribution in [-0.2, 0) is 12.8 Å². The highest BCUT2D eigenvalue weighted by Crippen LogP contribution is 2.30. The first-order chi connectivity index (χ1) is 8.00. The SMILES string of the molecule is OCc1ccc(-c2cc(C(F)(F)F)[nH]n2)cc1. The fourth-order valence-electron chi connectivity index (χ4n) is 1.40. The molecule has 0 saturated carbocycles. The van der Waals surface area contributed by atoms with Gasteiger partial charge >= 0.3 is 6.18 Å². The zero-order valence-electron chi connectivity index (χ0n) is 8.62. The summed E-state index contributed by atoms with van der Waals surface area (Å²) in [5.74, 6) is 0. The highest BCUT2D eigenvalue weighted by molar-refractivity contribution is 5.59. The summed E-state index contributed by atoms with van der Waals surface area (Å²) in [5, 5.41) is 14.4. The molecule has 17 heavy (non-hydrogen) atoms. The van der Waals surface area contributed by atoms with Crippen molar-refractivity contribution in [1.29, 1.82) is 0 Å². The zero-order chi connectivity index (χ0) is 12.5. The van der Waals surface area contributed by atoms with Gasteiger partial charge in [-0.3, -0.25) is 5.10 Å². The molecule has 2 aromatic rings. The van der Waals surface area contributed by atoms with Crippen LogP contribution in [0.25, 0.3) is 11.3 Å². The van der Waals surface area contributed by atoms with Crippen LogP contribution in [0.15, 0.2) is 30.3 Å². The lowest BCUT2D eigenvalue weighted by Gasteiger charge is -2.00. The number of nitrogens with zero attached hydrogens (tertiary/aromatic N) is 1. The van der Waals surface area contributed by atoms with Gasteiger partial charge in [0.15, 0.2) is 0 Å². The topological polar surface area (TPSA) is 48.9 Å². The number of rotatable bonds is 2. The highest BCUT2D eigenvalue weighted by Gasteiger charge is 2.33. The molecule has 0 aliphatic carbocycles. The Morgan fingerprint density at radius 3 is 2.29 bits per heavy atom. The van der Waals surface area contributed by atoms with Gasteiger partial charge in [0.05, 0.1) is 12.3 Å². The van der Waals surface area contributed by atoms with E-state index in [0.29, 0.717) is 11.1 Å². The van der Waals surface area contributed by atoms with Crippen LogP contribution in [0, 0.1) is 0 Å². The molecule has 0 aliphatic rings. The number of benzene rings is 1. The summed E-state index contributed by atoms with van der Waals surface area (Å²) in [6.07, 6.45) is -4.42. The first-order valence-electron chi connectivity index (χ1n) is 4.83. The maximum Gasteiger partial charge on any atom is 0.432 e. The van der Waals surface area contributed by atoms with Crippen LogP contribution in [0.4, 0.5) is 13.2 Å². The summed E-state index contributed by atoms with van der Waals surface area (Å²) in [6.45, 7) is -0.103. The molecule has 1 aromatic heterocycles. The number of hydrogen-bond acceptors (Lipinski definition) is 2. The van der Waals surface area contributed by atoms with E-state index >= 15 is 0 Å². The summed E-state index contributed by atoms with van der Waals surface area (Å²) in [4.78, 5) is 0. The fraction of sp³-hybridized carbons (Fsp3) is 0.182. The van der Waals surface area contributed by atoms with Crippen molar-refractivity contribution >= 4 is 0 Å². The van der Waals surface area contributed by atoms with Crippen LogP contribution in [0.1, 0.15) is 11.3 Å². The largest absolute Gasteiger partial charge is 0.432 e. The van der Waals surface area contributed by atoms with Gasteiger partial charge in [0, 0.05) is 5.56 Å². The molecule has 0 spiro atoms. The number of aliphatic hydroxyl groups is 1. The van der Waals surface area contributed by atoms with Crippen LogP contribution < -0.4 is 0 Å². The molecular formula is C11H9F3N2O. The van der Waals surface area contributed by atoms with E-state index in [9.17, 15) is 13.2 Å². The minimum atomic E-state index is -4.42. The minimum Gasteiger partial charge on any atom is -0.392 e. The van der Waals surface area contributed by atoms with Crippen molar-refractivity contribution in [3.63, 3.8) is 0 Å². The molecule has 0 saturated heterocycles. The molecule has 1 heterocycles. The maximum atomic E-state index is 12.3. The lowest BCUT2D eigenvalue weighted by molar-refractivity contribution is -0.141. The van der Waals surface area contributed by atoms with Crippen LogP contribution in [-0.4, -0.2) is 15.3 Å². The Balaban J connectivity index is 2.30. The number of nitrogens with one attached hydrogen (secondary N) is 1. The van der Waals surface area contributed by atoms with E-state index in [1.54, 1.807) is 24.3 Å². The van der Waals surface area contributed by atoms with E-state index in [1.165, 1.54) is 0 Å². The molecule has 90 valence electrons. The number of aromatic nitrogens is 2. The Hall–Kier alpha value is -1.82. The summed E-state index contributed by atoms with van der Waals surface area (Å²) in [7, 11) is 0. The zero-order valence-corrected chi connectivity index (χ0v) is 8.62. The molecule has 0 fully saturated rings. The molecule has 2 rings (SSSR count). The molecule has 3 nitrogen and oxygen atoms in total. The molecule has 2 N–H and O–H groups in total. The Labute approximate surface area is 94.9 Å². The van der Waals surface area contributed by atoms with E-state index in [4.69, 9.17) is 5.11 Å².